The van der Waals surface area contributed by atoms with E-state index in [4.69, 9.17) is 16.3 Å². The molecule has 0 amide bonds. The highest BCUT2D eigenvalue weighted by molar-refractivity contribution is 7.12. The van der Waals surface area contributed by atoms with Gasteiger partial charge in [-0.1, -0.05) is 17.7 Å². The van der Waals surface area contributed by atoms with Crippen molar-refractivity contribution in [2.45, 2.75) is 26.1 Å². The average molecular weight is 281 g/mol. The van der Waals surface area contributed by atoms with Crippen LogP contribution in [-0.2, 0) is 0 Å². The van der Waals surface area contributed by atoms with Gasteiger partial charge in [0.1, 0.15) is 5.75 Å². The van der Waals surface area contributed by atoms with Crippen LogP contribution in [0.5, 0.6) is 5.75 Å². The molecule has 1 nitrogen and oxygen atoms in total. The normalized spacial score (nSPS) is 12.4. The van der Waals surface area contributed by atoms with Crippen LogP contribution in [0.3, 0.4) is 0 Å². The molecule has 0 fully saturated rings. The number of rotatable bonds is 4. The van der Waals surface area contributed by atoms with Gasteiger partial charge in [-0.2, -0.15) is 0 Å². The number of hydrogen-bond acceptors (Lipinski definition) is 2. The van der Waals surface area contributed by atoms with E-state index in [0.717, 1.165) is 11.3 Å². The first-order valence-electron chi connectivity index (χ1n) is 6.05. The molecule has 1 aromatic heterocycles. The van der Waals surface area contributed by atoms with E-state index in [0.29, 0.717) is 6.61 Å². The second kappa shape index (κ2) is 5.77. The van der Waals surface area contributed by atoms with Gasteiger partial charge in [-0.05, 0) is 39.0 Å². The Kier molecular flexibility index (Phi) is 4.31. The molecule has 1 atom stereocenters. The molecule has 3 heteroatoms. The Morgan fingerprint density at radius 2 is 2.00 bits per heavy atom. The average Bonchev–Trinajstić information content (AvgIpc) is 2.77. The topological polar surface area (TPSA) is 9.23 Å². The highest BCUT2D eigenvalue weighted by atomic mass is 35.5. The molecule has 1 heterocycles. The number of ether oxygens (including phenoxy) is 1. The van der Waals surface area contributed by atoms with Crippen molar-refractivity contribution in [1.29, 1.82) is 0 Å². The molecule has 96 valence electrons. The smallest absolute Gasteiger partial charge is 0.124 e. The summed E-state index contributed by atoms with van der Waals surface area (Å²) in [7, 11) is 0. The Labute approximate surface area is 117 Å². The summed E-state index contributed by atoms with van der Waals surface area (Å²) in [6.45, 7) is 6.81. The first kappa shape index (κ1) is 13.4. The van der Waals surface area contributed by atoms with Gasteiger partial charge in [-0.3, -0.25) is 0 Å². The quantitative estimate of drug-likeness (QED) is 0.709. The molecule has 0 aliphatic carbocycles. The second-order valence-electron chi connectivity index (χ2n) is 4.29. The minimum atomic E-state index is -0.134. The third kappa shape index (κ3) is 2.88. The van der Waals surface area contributed by atoms with Gasteiger partial charge in [-0.25, -0.2) is 0 Å². The Morgan fingerprint density at radius 3 is 2.61 bits per heavy atom. The summed E-state index contributed by atoms with van der Waals surface area (Å²) < 4.78 is 5.66. The maximum Gasteiger partial charge on any atom is 0.124 e. The molecule has 2 rings (SSSR count). The van der Waals surface area contributed by atoms with Crippen molar-refractivity contribution in [2.24, 2.45) is 0 Å². The van der Waals surface area contributed by atoms with E-state index in [1.807, 2.05) is 13.0 Å². The number of hydrogen-bond donors (Lipinski definition) is 0. The Hall–Kier alpha value is -0.990. The van der Waals surface area contributed by atoms with Crippen molar-refractivity contribution in [1.82, 2.24) is 0 Å². The second-order valence-corrected chi connectivity index (χ2v) is 6.04. The first-order valence-corrected chi connectivity index (χ1v) is 7.31. The van der Waals surface area contributed by atoms with Crippen molar-refractivity contribution < 1.29 is 4.74 Å². The fourth-order valence-electron chi connectivity index (χ4n) is 1.90. The van der Waals surface area contributed by atoms with Crippen molar-refractivity contribution in [3.05, 3.63) is 51.2 Å². The van der Waals surface area contributed by atoms with Crippen LogP contribution in [-0.4, -0.2) is 6.61 Å². The van der Waals surface area contributed by atoms with Crippen LogP contribution in [0.2, 0.25) is 0 Å². The molecule has 0 saturated carbocycles. The lowest BCUT2D eigenvalue weighted by Gasteiger charge is -2.14. The number of thiophene rings is 1. The van der Waals surface area contributed by atoms with Crippen LogP contribution in [0, 0.1) is 13.8 Å². The zero-order valence-corrected chi connectivity index (χ0v) is 12.4. The van der Waals surface area contributed by atoms with Gasteiger partial charge in [0.25, 0.3) is 0 Å². The molecule has 0 spiro atoms. The Morgan fingerprint density at radius 1 is 1.22 bits per heavy atom. The highest BCUT2D eigenvalue weighted by Gasteiger charge is 2.17. The van der Waals surface area contributed by atoms with Gasteiger partial charge in [0, 0.05) is 15.3 Å². The van der Waals surface area contributed by atoms with Gasteiger partial charge in [-0.15, -0.1) is 22.9 Å². The van der Waals surface area contributed by atoms with Crippen LogP contribution in [0.1, 0.15) is 33.2 Å². The fourth-order valence-corrected chi connectivity index (χ4v) is 3.15. The molecular weight excluding hydrogens is 264 g/mol. The largest absolute Gasteiger partial charge is 0.494 e. The first-order chi connectivity index (χ1) is 8.61. The molecule has 0 radical (unpaired) electrons. The summed E-state index contributed by atoms with van der Waals surface area (Å²) in [5.74, 6) is 0.883. The number of benzene rings is 1. The predicted molar refractivity (Wildman–Crippen MR) is 79.1 cm³/mol. The Bertz CT molecular complexity index is 533. The third-order valence-corrected chi connectivity index (χ3v) is 4.41. The van der Waals surface area contributed by atoms with E-state index in [1.54, 1.807) is 11.3 Å². The zero-order valence-electron chi connectivity index (χ0n) is 10.9. The van der Waals surface area contributed by atoms with Crippen molar-refractivity contribution in [3.8, 4) is 5.75 Å². The van der Waals surface area contributed by atoms with Gasteiger partial charge < -0.3 is 4.74 Å². The molecule has 0 N–H and O–H groups in total. The van der Waals surface area contributed by atoms with Gasteiger partial charge in [0.05, 0.1) is 12.0 Å². The molecule has 0 aliphatic rings. The van der Waals surface area contributed by atoms with Gasteiger partial charge in [0.15, 0.2) is 0 Å². The lowest BCUT2D eigenvalue weighted by molar-refractivity contribution is 0.337. The highest BCUT2D eigenvalue weighted by Crippen LogP contribution is 2.38. The summed E-state index contributed by atoms with van der Waals surface area (Å²) in [6, 6.07) is 10.4. The van der Waals surface area contributed by atoms with Gasteiger partial charge in [0.2, 0.25) is 0 Å². The van der Waals surface area contributed by atoms with Crippen LogP contribution in [0.15, 0.2) is 30.3 Å². The zero-order chi connectivity index (χ0) is 13.1. The third-order valence-electron chi connectivity index (χ3n) is 2.75. The molecule has 2 aromatic rings. The summed E-state index contributed by atoms with van der Waals surface area (Å²) >= 11 is 8.32. The molecule has 18 heavy (non-hydrogen) atoms. The van der Waals surface area contributed by atoms with Crippen LogP contribution >= 0.6 is 22.9 Å². The van der Waals surface area contributed by atoms with E-state index in [1.165, 1.54) is 15.3 Å². The molecule has 1 unspecified atom stereocenters. The van der Waals surface area contributed by atoms with Gasteiger partial charge >= 0.3 is 0 Å². The summed E-state index contributed by atoms with van der Waals surface area (Å²) in [5.41, 5.74) is 2.26. The fraction of sp³-hybridized carbons (Fsp3) is 0.333. The minimum absolute atomic E-state index is 0.134. The summed E-state index contributed by atoms with van der Waals surface area (Å²) in [6.07, 6.45) is 0. The molecule has 1 aromatic carbocycles. The van der Waals surface area contributed by atoms with Crippen molar-refractivity contribution in [2.75, 3.05) is 6.61 Å². The molecular formula is C15H17ClOS. The minimum Gasteiger partial charge on any atom is -0.494 e. The van der Waals surface area contributed by atoms with E-state index < -0.39 is 0 Å². The maximum absolute atomic E-state index is 6.59. The van der Waals surface area contributed by atoms with E-state index in [-0.39, 0.29) is 5.38 Å². The SMILES string of the molecule is CCOc1ccc(C)cc1C(Cl)c1ccc(C)s1. The summed E-state index contributed by atoms with van der Waals surface area (Å²) in [5, 5.41) is -0.134. The lowest BCUT2D eigenvalue weighted by atomic mass is 10.1. The standard InChI is InChI=1S/C15H17ClOS/c1-4-17-13-7-5-10(2)9-12(13)15(16)14-8-6-11(3)18-14/h5-9,15H,4H2,1-3H3. The molecule has 0 aliphatic heterocycles. The van der Waals surface area contributed by atoms with Crippen molar-refractivity contribution in [3.63, 3.8) is 0 Å². The number of aryl methyl sites for hydroxylation is 2. The van der Waals surface area contributed by atoms with Crippen LogP contribution in [0.4, 0.5) is 0 Å². The van der Waals surface area contributed by atoms with Crippen molar-refractivity contribution >= 4 is 22.9 Å². The van der Waals surface area contributed by atoms with Crippen LogP contribution < -0.4 is 4.74 Å². The molecule has 0 bridgehead atoms. The van der Waals surface area contributed by atoms with Crippen LogP contribution in [0.25, 0.3) is 0 Å². The monoisotopic (exact) mass is 280 g/mol. The maximum atomic E-state index is 6.59. The van der Waals surface area contributed by atoms with E-state index in [9.17, 15) is 0 Å². The van der Waals surface area contributed by atoms with E-state index >= 15 is 0 Å². The van der Waals surface area contributed by atoms with E-state index in [2.05, 4.69) is 38.1 Å². The predicted octanol–water partition coefficient (Wildman–Crippen LogP) is 5.09. The Balaban J connectivity index is 2.39. The number of halogens is 1. The molecule has 0 saturated heterocycles. The number of alkyl halides is 1. The lowest BCUT2D eigenvalue weighted by Crippen LogP contribution is -1.99. The summed E-state index contributed by atoms with van der Waals surface area (Å²) in [4.78, 5) is 2.45.